The Morgan fingerprint density at radius 3 is 3.09 bits per heavy atom. The normalized spacial score (nSPS) is 12.8. The van der Waals surface area contributed by atoms with E-state index in [1.54, 1.807) is 5.38 Å². The molecule has 0 aliphatic heterocycles. The van der Waals surface area contributed by atoms with E-state index in [2.05, 4.69) is 11.2 Å². The van der Waals surface area contributed by atoms with Gasteiger partial charge in [0.2, 0.25) is 0 Å². The molecular formula is C7H8NO2S. The Bertz CT molecular complexity index is 233. The lowest BCUT2D eigenvalue weighted by Gasteiger charge is -2.03. The van der Waals surface area contributed by atoms with Crippen LogP contribution in [0.5, 0.6) is 0 Å². The summed E-state index contributed by atoms with van der Waals surface area (Å²) in [4.78, 5) is 14.4. The summed E-state index contributed by atoms with van der Waals surface area (Å²) in [6.45, 7) is 1.83. The Morgan fingerprint density at radius 2 is 2.73 bits per heavy atom. The van der Waals surface area contributed by atoms with Gasteiger partial charge in [-0.05, 0) is 6.42 Å². The number of aromatic nitrogens is 1. The first-order valence-corrected chi connectivity index (χ1v) is 4.18. The number of carboxylic acids is 1. The molecule has 1 unspecified atom stereocenters. The Morgan fingerprint density at radius 1 is 2.00 bits per heavy atom. The van der Waals surface area contributed by atoms with Crippen molar-refractivity contribution in [3.05, 3.63) is 16.6 Å². The van der Waals surface area contributed by atoms with Crippen LogP contribution in [0.2, 0.25) is 0 Å². The van der Waals surface area contributed by atoms with E-state index in [1.807, 2.05) is 6.92 Å². The van der Waals surface area contributed by atoms with Crippen molar-refractivity contribution in [2.45, 2.75) is 19.3 Å². The van der Waals surface area contributed by atoms with Crippen molar-refractivity contribution in [1.29, 1.82) is 0 Å². The average Bonchev–Trinajstić information content (AvgIpc) is 2.40. The lowest BCUT2D eigenvalue weighted by Crippen LogP contribution is -2.09. The summed E-state index contributed by atoms with van der Waals surface area (Å²) in [5.41, 5.74) is 0. The van der Waals surface area contributed by atoms with Crippen molar-refractivity contribution in [2.24, 2.45) is 0 Å². The third-order valence-electron chi connectivity index (χ3n) is 1.41. The van der Waals surface area contributed by atoms with E-state index in [4.69, 9.17) is 5.11 Å². The molecule has 0 amide bonds. The molecule has 1 aromatic rings. The lowest BCUT2D eigenvalue weighted by molar-refractivity contribution is -0.138. The van der Waals surface area contributed by atoms with Gasteiger partial charge < -0.3 is 5.11 Å². The van der Waals surface area contributed by atoms with E-state index in [9.17, 15) is 4.79 Å². The molecule has 59 valence electrons. The molecule has 0 aliphatic rings. The highest BCUT2D eigenvalue weighted by Crippen LogP contribution is 2.20. The molecule has 1 radical (unpaired) electrons. The number of hydrogen-bond donors (Lipinski definition) is 1. The van der Waals surface area contributed by atoms with Crippen molar-refractivity contribution in [1.82, 2.24) is 4.98 Å². The van der Waals surface area contributed by atoms with Crippen LogP contribution in [0.1, 0.15) is 24.3 Å². The molecule has 0 fully saturated rings. The zero-order valence-corrected chi connectivity index (χ0v) is 6.89. The van der Waals surface area contributed by atoms with Crippen molar-refractivity contribution in [2.75, 3.05) is 0 Å². The Labute approximate surface area is 68.7 Å². The molecule has 1 aromatic heterocycles. The topological polar surface area (TPSA) is 50.2 Å². The molecular weight excluding hydrogens is 162 g/mol. The van der Waals surface area contributed by atoms with Gasteiger partial charge in [0.25, 0.3) is 0 Å². The molecule has 0 saturated heterocycles. The van der Waals surface area contributed by atoms with Gasteiger partial charge in [0, 0.05) is 5.38 Å². The molecule has 0 bridgehead atoms. The minimum absolute atomic E-state index is 0.453. The summed E-state index contributed by atoms with van der Waals surface area (Å²) >= 11 is 1.34. The molecule has 0 spiro atoms. The predicted molar refractivity (Wildman–Crippen MR) is 41.6 cm³/mol. The van der Waals surface area contributed by atoms with Crippen LogP contribution in [-0.2, 0) is 4.79 Å². The highest BCUT2D eigenvalue weighted by atomic mass is 32.1. The van der Waals surface area contributed by atoms with E-state index < -0.39 is 11.9 Å². The fraction of sp³-hybridized carbons (Fsp3) is 0.429. The van der Waals surface area contributed by atoms with Crippen molar-refractivity contribution >= 4 is 17.3 Å². The SMILES string of the molecule is CCC(C(=O)O)c1n[c]cs1. The molecule has 3 nitrogen and oxygen atoms in total. The first-order valence-electron chi connectivity index (χ1n) is 3.30. The van der Waals surface area contributed by atoms with Crippen LogP contribution in [0.4, 0.5) is 0 Å². The smallest absolute Gasteiger partial charge is 0.313 e. The van der Waals surface area contributed by atoms with E-state index in [0.29, 0.717) is 11.4 Å². The van der Waals surface area contributed by atoms with Crippen LogP contribution < -0.4 is 0 Å². The van der Waals surface area contributed by atoms with Gasteiger partial charge in [-0.2, -0.15) is 0 Å². The van der Waals surface area contributed by atoms with Gasteiger partial charge in [-0.3, -0.25) is 4.79 Å². The fourth-order valence-corrected chi connectivity index (χ4v) is 1.58. The summed E-state index contributed by atoms with van der Waals surface area (Å²) in [7, 11) is 0. The lowest BCUT2D eigenvalue weighted by atomic mass is 10.1. The van der Waals surface area contributed by atoms with Crippen LogP contribution >= 0.6 is 11.3 Å². The number of carboxylic acid groups (broad SMARTS) is 1. The first kappa shape index (κ1) is 8.20. The maximum atomic E-state index is 10.6. The molecule has 1 N–H and O–H groups in total. The Hall–Kier alpha value is -0.900. The monoisotopic (exact) mass is 170 g/mol. The fourth-order valence-electron chi connectivity index (χ4n) is 0.818. The second kappa shape index (κ2) is 3.48. The van der Waals surface area contributed by atoms with Gasteiger partial charge >= 0.3 is 5.97 Å². The van der Waals surface area contributed by atoms with Crippen molar-refractivity contribution < 1.29 is 9.90 Å². The van der Waals surface area contributed by atoms with Gasteiger partial charge in [-0.25, -0.2) is 4.98 Å². The summed E-state index contributed by atoms with van der Waals surface area (Å²) in [6, 6.07) is 0. The summed E-state index contributed by atoms with van der Waals surface area (Å²) in [6.07, 6.45) is 3.18. The average molecular weight is 170 g/mol. The van der Waals surface area contributed by atoms with Gasteiger partial charge in [0.15, 0.2) is 0 Å². The third kappa shape index (κ3) is 1.77. The van der Waals surface area contributed by atoms with E-state index >= 15 is 0 Å². The molecule has 0 aromatic carbocycles. The highest BCUT2D eigenvalue weighted by Gasteiger charge is 2.19. The van der Waals surface area contributed by atoms with E-state index in [1.165, 1.54) is 11.3 Å². The summed E-state index contributed by atoms with van der Waals surface area (Å²) < 4.78 is 0. The maximum absolute atomic E-state index is 10.6. The van der Waals surface area contributed by atoms with Crippen molar-refractivity contribution in [3.8, 4) is 0 Å². The van der Waals surface area contributed by atoms with Crippen LogP contribution in [0.3, 0.4) is 0 Å². The zero-order valence-electron chi connectivity index (χ0n) is 6.07. The summed E-state index contributed by atoms with van der Waals surface area (Å²) in [5.74, 6) is -1.26. The number of rotatable bonds is 3. The third-order valence-corrected chi connectivity index (χ3v) is 2.25. The van der Waals surface area contributed by atoms with E-state index in [0.717, 1.165) is 0 Å². The second-order valence-corrected chi connectivity index (χ2v) is 3.00. The second-order valence-electron chi connectivity index (χ2n) is 2.11. The van der Waals surface area contributed by atoms with E-state index in [-0.39, 0.29) is 0 Å². The Kier molecular flexibility index (Phi) is 2.59. The highest BCUT2D eigenvalue weighted by molar-refractivity contribution is 7.09. The molecule has 1 rings (SSSR count). The quantitative estimate of drug-likeness (QED) is 0.748. The van der Waals surface area contributed by atoms with Crippen molar-refractivity contribution in [3.63, 3.8) is 0 Å². The largest absolute Gasteiger partial charge is 0.481 e. The van der Waals surface area contributed by atoms with Crippen LogP contribution in [0, 0.1) is 6.20 Å². The first-order chi connectivity index (χ1) is 5.25. The number of aliphatic carboxylic acids is 1. The molecule has 0 aliphatic carbocycles. The van der Waals surface area contributed by atoms with Gasteiger partial charge in [-0.1, -0.05) is 6.92 Å². The summed E-state index contributed by atoms with van der Waals surface area (Å²) in [5, 5.41) is 11.0. The van der Waals surface area contributed by atoms with Crippen LogP contribution in [0.25, 0.3) is 0 Å². The van der Waals surface area contributed by atoms with Gasteiger partial charge in [-0.15, -0.1) is 11.3 Å². The van der Waals surface area contributed by atoms with Crippen LogP contribution in [-0.4, -0.2) is 16.1 Å². The molecule has 1 heterocycles. The molecule has 11 heavy (non-hydrogen) atoms. The van der Waals surface area contributed by atoms with Crippen LogP contribution in [0.15, 0.2) is 5.38 Å². The molecule has 4 heteroatoms. The Balaban J connectivity index is 2.79. The minimum atomic E-state index is -0.809. The van der Waals surface area contributed by atoms with Gasteiger partial charge in [0.1, 0.15) is 17.1 Å². The zero-order chi connectivity index (χ0) is 8.27. The minimum Gasteiger partial charge on any atom is -0.481 e. The number of nitrogens with zero attached hydrogens (tertiary/aromatic N) is 1. The molecule has 1 atom stereocenters. The predicted octanol–water partition coefficient (Wildman–Crippen LogP) is 1.52. The molecule has 0 saturated carbocycles. The number of hydrogen-bond acceptors (Lipinski definition) is 3. The maximum Gasteiger partial charge on any atom is 0.313 e. The standard InChI is InChI=1S/C7H8NO2S/c1-2-5(7(9)10)6-8-3-4-11-6/h4-5H,2H2,1H3,(H,9,10). The number of carbonyl (C=O) groups is 1. The van der Waals surface area contributed by atoms with Gasteiger partial charge in [0.05, 0.1) is 0 Å². The number of thiazole rings is 1.